The van der Waals surface area contributed by atoms with Crippen molar-refractivity contribution in [2.24, 2.45) is 5.92 Å². The summed E-state index contributed by atoms with van der Waals surface area (Å²) in [5.74, 6) is 2.12. The smallest absolute Gasteiger partial charge is 0.0685 e. The lowest BCUT2D eigenvalue weighted by molar-refractivity contribution is -0.0979. The van der Waals surface area contributed by atoms with Gasteiger partial charge in [-0.2, -0.15) is 11.8 Å². The Hall–Kier alpha value is 0.270. The molecule has 1 saturated carbocycles. The molecule has 19 heavy (non-hydrogen) atoms. The van der Waals surface area contributed by atoms with E-state index >= 15 is 0 Å². The Morgan fingerprint density at radius 1 is 1.37 bits per heavy atom. The van der Waals surface area contributed by atoms with Crippen molar-refractivity contribution >= 4 is 11.8 Å². The minimum Gasteiger partial charge on any atom is -0.375 e. The normalized spacial score (nSPS) is 27.8. The second-order valence-corrected chi connectivity index (χ2v) is 7.32. The van der Waals surface area contributed by atoms with Crippen molar-refractivity contribution in [2.45, 2.75) is 69.9 Å². The van der Waals surface area contributed by atoms with Crippen LogP contribution in [0, 0.1) is 5.92 Å². The zero-order valence-corrected chi connectivity index (χ0v) is 13.6. The molecule has 3 heteroatoms. The van der Waals surface area contributed by atoms with Crippen LogP contribution in [0.2, 0.25) is 0 Å². The van der Waals surface area contributed by atoms with Gasteiger partial charge in [-0.25, -0.2) is 0 Å². The van der Waals surface area contributed by atoms with Crippen LogP contribution in [0.15, 0.2) is 0 Å². The van der Waals surface area contributed by atoms with Gasteiger partial charge in [0.15, 0.2) is 0 Å². The molecule has 0 radical (unpaired) electrons. The van der Waals surface area contributed by atoms with E-state index in [1.54, 1.807) is 0 Å². The first kappa shape index (κ1) is 15.7. The largest absolute Gasteiger partial charge is 0.375 e. The maximum absolute atomic E-state index is 6.18. The number of rotatable bonds is 7. The third-order valence-electron chi connectivity index (χ3n) is 4.90. The van der Waals surface area contributed by atoms with Crippen LogP contribution >= 0.6 is 11.8 Å². The predicted molar refractivity (Wildman–Crippen MR) is 85.0 cm³/mol. The Bertz CT molecular complexity index is 245. The zero-order chi connectivity index (χ0) is 13.6. The molecular formula is C16H31NOS. The summed E-state index contributed by atoms with van der Waals surface area (Å²) in [6.45, 7) is 4.43. The summed E-state index contributed by atoms with van der Waals surface area (Å²) in [4.78, 5) is 0. The first-order chi connectivity index (χ1) is 9.29. The molecule has 2 aliphatic rings. The van der Waals surface area contributed by atoms with Crippen molar-refractivity contribution in [3.05, 3.63) is 0 Å². The third-order valence-corrected chi connectivity index (χ3v) is 5.55. The minimum atomic E-state index is 0.272. The Morgan fingerprint density at radius 3 is 2.84 bits per heavy atom. The highest BCUT2D eigenvalue weighted by molar-refractivity contribution is 7.98. The van der Waals surface area contributed by atoms with Crippen LogP contribution in [0.3, 0.4) is 0 Å². The molecule has 0 aromatic rings. The summed E-state index contributed by atoms with van der Waals surface area (Å²) in [6.07, 6.45) is 12.7. The molecule has 0 aromatic carbocycles. The van der Waals surface area contributed by atoms with Crippen molar-refractivity contribution in [1.82, 2.24) is 5.32 Å². The van der Waals surface area contributed by atoms with Gasteiger partial charge in [0.1, 0.15) is 0 Å². The van der Waals surface area contributed by atoms with Crippen LogP contribution in [0.5, 0.6) is 0 Å². The number of hydrogen-bond donors (Lipinski definition) is 1. The Labute approximate surface area is 123 Å². The standard InChI is InChI=1S/C16H31NOS/c1-3-10-17-15(7-12-19-2)14-6-11-18-16(13-14)8-4-5-9-16/h14-15,17H,3-13H2,1-2H3. The maximum Gasteiger partial charge on any atom is 0.0685 e. The second kappa shape index (κ2) is 7.90. The zero-order valence-electron chi connectivity index (χ0n) is 12.7. The fraction of sp³-hybridized carbons (Fsp3) is 1.00. The molecule has 2 rings (SSSR count). The SMILES string of the molecule is CCCNC(CCSC)C1CCOC2(CCCC2)C1. The average molecular weight is 285 g/mol. The lowest BCUT2D eigenvalue weighted by Crippen LogP contribution is -2.46. The van der Waals surface area contributed by atoms with E-state index in [0.29, 0.717) is 6.04 Å². The van der Waals surface area contributed by atoms with Crippen molar-refractivity contribution in [3.8, 4) is 0 Å². The summed E-state index contributed by atoms with van der Waals surface area (Å²) in [5, 5.41) is 3.81. The van der Waals surface area contributed by atoms with Gasteiger partial charge in [0.25, 0.3) is 0 Å². The lowest BCUT2D eigenvalue weighted by atomic mass is 9.80. The van der Waals surface area contributed by atoms with Gasteiger partial charge >= 0.3 is 0 Å². The van der Waals surface area contributed by atoms with E-state index in [4.69, 9.17) is 4.74 Å². The second-order valence-electron chi connectivity index (χ2n) is 6.33. The molecule has 1 saturated heterocycles. The minimum absolute atomic E-state index is 0.272. The van der Waals surface area contributed by atoms with Crippen molar-refractivity contribution in [1.29, 1.82) is 0 Å². The van der Waals surface area contributed by atoms with Crippen LogP contribution in [-0.4, -0.2) is 36.8 Å². The summed E-state index contributed by atoms with van der Waals surface area (Å²) in [7, 11) is 0. The van der Waals surface area contributed by atoms with E-state index < -0.39 is 0 Å². The van der Waals surface area contributed by atoms with Crippen LogP contribution in [0.4, 0.5) is 0 Å². The number of hydrogen-bond acceptors (Lipinski definition) is 3. The molecule has 2 unspecified atom stereocenters. The van der Waals surface area contributed by atoms with Crippen LogP contribution in [-0.2, 0) is 4.74 Å². The number of ether oxygens (including phenoxy) is 1. The van der Waals surface area contributed by atoms with Crippen molar-refractivity contribution < 1.29 is 4.74 Å². The highest BCUT2D eigenvalue weighted by atomic mass is 32.2. The molecule has 0 aromatic heterocycles. The van der Waals surface area contributed by atoms with Gasteiger partial charge in [-0.1, -0.05) is 19.8 Å². The van der Waals surface area contributed by atoms with Gasteiger partial charge in [0.05, 0.1) is 5.60 Å². The first-order valence-electron chi connectivity index (χ1n) is 8.16. The summed E-state index contributed by atoms with van der Waals surface area (Å²) in [5.41, 5.74) is 0.272. The van der Waals surface area contributed by atoms with Crippen LogP contribution in [0.1, 0.15) is 58.3 Å². The maximum atomic E-state index is 6.18. The van der Waals surface area contributed by atoms with E-state index in [-0.39, 0.29) is 5.60 Å². The molecule has 1 heterocycles. The molecule has 112 valence electrons. The third kappa shape index (κ3) is 4.37. The highest BCUT2D eigenvalue weighted by Gasteiger charge is 2.41. The molecule has 1 aliphatic carbocycles. The summed E-state index contributed by atoms with van der Waals surface area (Å²) >= 11 is 1.98. The lowest BCUT2D eigenvalue weighted by Gasteiger charge is -2.41. The van der Waals surface area contributed by atoms with E-state index in [1.807, 2.05) is 11.8 Å². The molecule has 0 amide bonds. The van der Waals surface area contributed by atoms with Gasteiger partial charge in [-0.15, -0.1) is 0 Å². The quantitative estimate of drug-likeness (QED) is 0.768. The average Bonchev–Trinajstić information content (AvgIpc) is 2.87. The van der Waals surface area contributed by atoms with E-state index in [2.05, 4.69) is 18.5 Å². The number of thioether (sulfide) groups is 1. The van der Waals surface area contributed by atoms with Crippen molar-refractivity contribution in [2.75, 3.05) is 25.2 Å². The summed E-state index contributed by atoms with van der Waals surface area (Å²) < 4.78 is 6.18. The van der Waals surface area contributed by atoms with Crippen LogP contribution in [0.25, 0.3) is 0 Å². The van der Waals surface area contributed by atoms with E-state index in [0.717, 1.165) is 12.5 Å². The molecule has 1 N–H and O–H groups in total. The molecule has 1 aliphatic heterocycles. The monoisotopic (exact) mass is 285 g/mol. The molecule has 1 spiro atoms. The Balaban J connectivity index is 1.90. The summed E-state index contributed by atoms with van der Waals surface area (Å²) in [6, 6.07) is 0.716. The number of nitrogens with one attached hydrogen (secondary N) is 1. The Morgan fingerprint density at radius 2 is 2.16 bits per heavy atom. The van der Waals surface area contributed by atoms with E-state index in [9.17, 15) is 0 Å². The van der Waals surface area contributed by atoms with E-state index in [1.165, 1.54) is 63.7 Å². The van der Waals surface area contributed by atoms with Gasteiger partial charge in [-0.05, 0) is 63.0 Å². The molecular weight excluding hydrogens is 254 g/mol. The fourth-order valence-electron chi connectivity index (χ4n) is 3.86. The van der Waals surface area contributed by atoms with Crippen LogP contribution < -0.4 is 5.32 Å². The van der Waals surface area contributed by atoms with Gasteiger partial charge < -0.3 is 10.1 Å². The topological polar surface area (TPSA) is 21.3 Å². The molecule has 2 fully saturated rings. The fourth-order valence-corrected chi connectivity index (χ4v) is 4.35. The van der Waals surface area contributed by atoms with Crippen molar-refractivity contribution in [3.63, 3.8) is 0 Å². The predicted octanol–water partition coefficient (Wildman–Crippen LogP) is 3.85. The molecule has 2 atom stereocenters. The first-order valence-corrected chi connectivity index (χ1v) is 9.55. The van der Waals surface area contributed by atoms with Gasteiger partial charge in [0.2, 0.25) is 0 Å². The Kier molecular flexibility index (Phi) is 6.51. The highest BCUT2D eigenvalue weighted by Crippen LogP contribution is 2.43. The van der Waals surface area contributed by atoms with Gasteiger partial charge in [-0.3, -0.25) is 0 Å². The molecule has 0 bridgehead atoms. The van der Waals surface area contributed by atoms with Gasteiger partial charge in [0, 0.05) is 12.6 Å². The molecule has 2 nitrogen and oxygen atoms in total.